The third kappa shape index (κ3) is 6.91. The van der Waals surface area contributed by atoms with E-state index in [0.717, 1.165) is 108 Å². The van der Waals surface area contributed by atoms with E-state index in [1.165, 1.54) is 0 Å². The van der Waals surface area contributed by atoms with Crippen molar-refractivity contribution in [1.82, 2.24) is 29.7 Å². The van der Waals surface area contributed by atoms with Crippen molar-refractivity contribution in [2.24, 2.45) is 0 Å². The van der Waals surface area contributed by atoms with Crippen LogP contribution in [0.5, 0.6) is 0 Å². The van der Waals surface area contributed by atoms with Crippen LogP contribution < -0.4 is 9.80 Å². The second kappa shape index (κ2) is 14.8. The Balaban J connectivity index is 0.822. The Hall–Kier alpha value is -6.04. The number of fused-ring (bicyclic) bond motifs is 2. The Labute approximate surface area is 313 Å². The Morgan fingerprint density at radius 2 is 1.00 bits per heavy atom. The number of piperazine rings is 1. The maximum Gasteiger partial charge on any atom is 0.410 e. The number of H-pyrrole nitrogens is 2. The van der Waals surface area contributed by atoms with Gasteiger partial charge in [0.2, 0.25) is 0 Å². The van der Waals surface area contributed by atoms with E-state index in [1.54, 1.807) is 9.80 Å². The topological polar surface area (TPSA) is 123 Å². The lowest BCUT2D eigenvalue weighted by molar-refractivity contribution is 0.0903. The second-order valence-electron chi connectivity index (χ2n) is 14.4. The van der Waals surface area contributed by atoms with E-state index in [9.17, 15) is 9.59 Å². The summed E-state index contributed by atoms with van der Waals surface area (Å²) in [4.78, 5) is 51.4. The maximum atomic E-state index is 13.0. The number of likely N-dealkylation sites (tertiary alicyclic amines) is 2. The van der Waals surface area contributed by atoms with Gasteiger partial charge in [0.1, 0.15) is 24.9 Å². The monoisotopic (exact) mass is 724 g/mol. The second-order valence-corrected chi connectivity index (χ2v) is 14.4. The molecule has 0 saturated carbocycles. The van der Waals surface area contributed by atoms with E-state index in [0.29, 0.717) is 13.1 Å². The summed E-state index contributed by atoms with van der Waals surface area (Å²) in [6.07, 6.45) is 2.93. The normalized spacial score (nSPS) is 18.9. The number of aromatic nitrogens is 4. The molecule has 6 aromatic rings. The smallest absolute Gasteiger partial charge is 0.410 e. The number of anilines is 2. The number of ether oxygens (including phenoxy) is 2. The number of hydrogen-bond acceptors (Lipinski definition) is 8. The molecule has 2 aromatic heterocycles. The highest BCUT2D eigenvalue weighted by Crippen LogP contribution is 2.35. The van der Waals surface area contributed by atoms with Crippen LogP contribution in [0.4, 0.5) is 21.0 Å². The first kappa shape index (κ1) is 33.8. The number of imidazole rings is 2. The van der Waals surface area contributed by atoms with Crippen molar-refractivity contribution in [2.45, 2.75) is 51.0 Å². The largest absolute Gasteiger partial charge is 0.445 e. The fraction of sp³-hybridized carbons (Fsp3) is 0.333. The average molecular weight is 725 g/mol. The van der Waals surface area contributed by atoms with Crippen molar-refractivity contribution in [3.63, 3.8) is 0 Å². The molecular formula is C42H44N8O4. The van der Waals surface area contributed by atoms with E-state index in [4.69, 9.17) is 19.4 Å². The average Bonchev–Trinajstić information content (AvgIpc) is 4.05. The molecule has 0 spiro atoms. The van der Waals surface area contributed by atoms with Gasteiger partial charge in [-0.05, 0) is 73.2 Å². The summed E-state index contributed by atoms with van der Waals surface area (Å²) >= 11 is 0. The van der Waals surface area contributed by atoms with Gasteiger partial charge >= 0.3 is 12.2 Å². The minimum absolute atomic E-state index is 0.130. The summed E-state index contributed by atoms with van der Waals surface area (Å²) in [5, 5.41) is 0. The molecule has 2 N–H and O–H groups in total. The first-order valence-electron chi connectivity index (χ1n) is 19.0. The summed E-state index contributed by atoms with van der Waals surface area (Å²) in [7, 11) is 0. The van der Waals surface area contributed by atoms with Crippen LogP contribution >= 0.6 is 0 Å². The van der Waals surface area contributed by atoms with Gasteiger partial charge in [0.15, 0.2) is 0 Å². The lowest BCUT2D eigenvalue weighted by Crippen LogP contribution is -2.46. The highest BCUT2D eigenvalue weighted by Gasteiger charge is 2.35. The fourth-order valence-electron chi connectivity index (χ4n) is 8.11. The molecule has 54 heavy (non-hydrogen) atoms. The third-order valence-electron chi connectivity index (χ3n) is 11.0. The summed E-state index contributed by atoms with van der Waals surface area (Å²) in [5.41, 5.74) is 7.99. The van der Waals surface area contributed by atoms with Gasteiger partial charge in [-0.25, -0.2) is 19.6 Å². The number of amides is 2. The number of benzene rings is 4. The summed E-state index contributed by atoms with van der Waals surface area (Å²) in [5.74, 6) is 1.62. The lowest BCUT2D eigenvalue weighted by Gasteiger charge is -2.37. The van der Waals surface area contributed by atoms with Crippen molar-refractivity contribution in [3.05, 3.63) is 120 Å². The molecule has 4 aromatic carbocycles. The number of nitrogens with zero attached hydrogens (tertiary/aromatic N) is 6. The Morgan fingerprint density at radius 1 is 0.574 bits per heavy atom. The van der Waals surface area contributed by atoms with Gasteiger partial charge in [-0.2, -0.15) is 0 Å². The van der Waals surface area contributed by atoms with Gasteiger partial charge < -0.3 is 29.2 Å². The molecule has 3 saturated heterocycles. The Bertz CT molecular complexity index is 2090. The van der Waals surface area contributed by atoms with Crippen molar-refractivity contribution >= 4 is 45.6 Å². The SMILES string of the molecule is O=C(OCc1ccccc1)N1CCC[C@H]1c1nc2ccc(N3CCN(c4ccc5nc([C@@H]6CCCN6C(=O)OCc6ccccc6)[nH]c5c4)CC3)cc2[nH]1. The number of rotatable bonds is 8. The van der Waals surface area contributed by atoms with E-state index >= 15 is 0 Å². The highest BCUT2D eigenvalue weighted by atomic mass is 16.6. The molecule has 12 heteroatoms. The predicted octanol–water partition coefficient (Wildman–Crippen LogP) is 7.71. The van der Waals surface area contributed by atoms with Crippen molar-refractivity contribution in [1.29, 1.82) is 0 Å². The van der Waals surface area contributed by atoms with Crippen LogP contribution in [0, 0.1) is 0 Å². The van der Waals surface area contributed by atoms with Crippen LogP contribution in [0.25, 0.3) is 22.1 Å². The van der Waals surface area contributed by atoms with Gasteiger partial charge in [0.25, 0.3) is 0 Å². The van der Waals surface area contributed by atoms with E-state index in [-0.39, 0.29) is 37.5 Å². The standard InChI is InChI=1S/C42H44N8O4/c51-41(53-27-29-9-3-1-4-10-29)49-19-7-13-37(49)39-43-33-17-15-31(25-35(33)45-39)47-21-23-48(24-22-47)32-16-18-34-36(26-32)46-40(44-34)38-14-8-20-50(38)42(52)54-28-30-11-5-2-6-12-30/h1-6,9-12,15-18,25-26,37-38H,7-8,13-14,19-24,27-28H2,(H,43,45)(H,44,46)/t37-,38-/m0/s1. The lowest BCUT2D eigenvalue weighted by atomic mass is 10.2. The zero-order chi connectivity index (χ0) is 36.4. The number of carbonyl (C=O) groups is 2. The van der Waals surface area contributed by atoms with Gasteiger partial charge in [-0.3, -0.25) is 9.80 Å². The molecule has 9 rings (SSSR count). The van der Waals surface area contributed by atoms with Gasteiger partial charge in [-0.1, -0.05) is 60.7 Å². The number of carbonyl (C=O) groups excluding carboxylic acids is 2. The molecule has 0 unspecified atom stereocenters. The van der Waals surface area contributed by atoms with E-state index in [1.807, 2.05) is 60.7 Å². The molecule has 5 heterocycles. The zero-order valence-electron chi connectivity index (χ0n) is 30.2. The molecule has 3 aliphatic heterocycles. The molecule has 2 amide bonds. The van der Waals surface area contributed by atoms with E-state index < -0.39 is 0 Å². The van der Waals surface area contributed by atoms with Crippen LogP contribution in [-0.2, 0) is 22.7 Å². The van der Waals surface area contributed by atoms with Crippen LogP contribution in [0.2, 0.25) is 0 Å². The number of aromatic amines is 2. The molecule has 12 nitrogen and oxygen atoms in total. The number of nitrogens with one attached hydrogen (secondary N) is 2. The molecule has 0 bridgehead atoms. The molecule has 0 aliphatic carbocycles. The van der Waals surface area contributed by atoms with Crippen LogP contribution in [0.15, 0.2) is 97.1 Å². The minimum atomic E-state index is -0.301. The summed E-state index contributed by atoms with van der Waals surface area (Å²) < 4.78 is 11.3. The Kier molecular flexibility index (Phi) is 9.24. The van der Waals surface area contributed by atoms with Crippen LogP contribution in [0.1, 0.15) is 60.5 Å². The summed E-state index contributed by atoms with van der Waals surface area (Å²) in [6.45, 7) is 5.35. The first-order valence-corrected chi connectivity index (χ1v) is 19.0. The van der Waals surface area contributed by atoms with Crippen molar-refractivity contribution < 1.29 is 19.1 Å². The quantitative estimate of drug-likeness (QED) is 0.164. The molecule has 3 aliphatic rings. The minimum Gasteiger partial charge on any atom is -0.445 e. The Morgan fingerprint density at radius 3 is 1.43 bits per heavy atom. The molecular weight excluding hydrogens is 681 g/mol. The first-order chi connectivity index (χ1) is 26.6. The maximum absolute atomic E-state index is 13.0. The fourth-order valence-corrected chi connectivity index (χ4v) is 8.11. The van der Waals surface area contributed by atoms with Gasteiger partial charge in [0, 0.05) is 50.6 Å². The van der Waals surface area contributed by atoms with Crippen LogP contribution in [-0.4, -0.2) is 81.2 Å². The zero-order valence-corrected chi connectivity index (χ0v) is 30.2. The van der Waals surface area contributed by atoms with Gasteiger partial charge in [-0.15, -0.1) is 0 Å². The number of hydrogen-bond donors (Lipinski definition) is 2. The van der Waals surface area contributed by atoms with Gasteiger partial charge in [0.05, 0.1) is 34.2 Å². The van der Waals surface area contributed by atoms with Crippen LogP contribution in [0.3, 0.4) is 0 Å². The van der Waals surface area contributed by atoms with Crippen molar-refractivity contribution in [3.8, 4) is 0 Å². The molecule has 2 atom stereocenters. The summed E-state index contributed by atoms with van der Waals surface area (Å²) in [6, 6.07) is 32.1. The van der Waals surface area contributed by atoms with E-state index in [2.05, 4.69) is 56.2 Å². The third-order valence-corrected chi connectivity index (χ3v) is 11.0. The highest BCUT2D eigenvalue weighted by molar-refractivity contribution is 5.81. The molecule has 0 radical (unpaired) electrons. The van der Waals surface area contributed by atoms with Crippen molar-refractivity contribution in [2.75, 3.05) is 49.1 Å². The molecule has 3 fully saturated rings. The molecule has 276 valence electrons. The predicted molar refractivity (Wildman–Crippen MR) is 207 cm³/mol.